The molecule has 6 nitrogen and oxygen atoms in total. The van der Waals surface area contributed by atoms with Gasteiger partial charge in [0, 0.05) is 25.6 Å². The second kappa shape index (κ2) is 10.5. The summed E-state index contributed by atoms with van der Waals surface area (Å²) in [5, 5.41) is 5.69. The normalized spacial score (nSPS) is 19.8. The van der Waals surface area contributed by atoms with Crippen LogP contribution in [0.3, 0.4) is 0 Å². The van der Waals surface area contributed by atoms with Gasteiger partial charge in [0.25, 0.3) is 0 Å². The molecule has 1 aromatic carbocycles. The lowest BCUT2D eigenvalue weighted by Crippen LogP contribution is -2.46. The number of rotatable bonds is 7. The van der Waals surface area contributed by atoms with E-state index in [1.54, 1.807) is 12.1 Å². The maximum absolute atomic E-state index is 13.3. The topological polar surface area (TPSA) is 70.7 Å². The Hall–Kier alpha value is -1.99. The molecule has 7 heteroatoms. The highest BCUT2D eigenvalue weighted by Crippen LogP contribution is 2.24. The zero-order chi connectivity index (χ0) is 19.8. The molecule has 1 saturated heterocycles. The molecule has 154 valence electrons. The summed E-state index contributed by atoms with van der Waals surface area (Å²) in [6.07, 6.45) is 5.19. The lowest BCUT2D eigenvalue weighted by atomic mass is 9.89. The number of hydrogen-bond donors (Lipinski definition) is 2. The Morgan fingerprint density at radius 3 is 2.43 bits per heavy atom. The highest BCUT2D eigenvalue weighted by atomic mass is 19.1. The fourth-order valence-electron chi connectivity index (χ4n) is 3.98. The van der Waals surface area contributed by atoms with E-state index in [0.717, 1.165) is 44.3 Å². The maximum Gasteiger partial charge on any atom is 0.239 e. The van der Waals surface area contributed by atoms with Crippen LogP contribution in [0.25, 0.3) is 0 Å². The van der Waals surface area contributed by atoms with Crippen molar-refractivity contribution in [1.29, 1.82) is 0 Å². The van der Waals surface area contributed by atoms with Gasteiger partial charge >= 0.3 is 0 Å². The van der Waals surface area contributed by atoms with Crippen LogP contribution in [0.2, 0.25) is 0 Å². The predicted molar refractivity (Wildman–Crippen MR) is 104 cm³/mol. The maximum atomic E-state index is 13.3. The third kappa shape index (κ3) is 6.01. The fourth-order valence-corrected chi connectivity index (χ4v) is 3.98. The summed E-state index contributed by atoms with van der Waals surface area (Å²) in [6.45, 7) is 3.21. The summed E-state index contributed by atoms with van der Waals surface area (Å²) in [4.78, 5) is 26.7. The van der Waals surface area contributed by atoms with Crippen molar-refractivity contribution in [2.45, 2.75) is 38.1 Å². The Balaban J connectivity index is 1.51. The van der Waals surface area contributed by atoms with Gasteiger partial charge in [-0.3, -0.25) is 14.5 Å². The molecule has 1 aliphatic heterocycles. The van der Waals surface area contributed by atoms with Crippen molar-refractivity contribution in [1.82, 2.24) is 15.5 Å². The molecule has 0 radical (unpaired) electrons. The summed E-state index contributed by atoms with van der Waals surface area (Å²) in [5.41, 5.74) is 0.954. The van der Waals surface area contributed by atoms with E-state index < -0.39 is 0 Å². The minimum absolute atomic E-state index is 0.00537. The van der Waals surface area contributed by atoms with Gasteiger partial charge < -0.3 is 15.4 Å². The van der Waals surface area contributed by atoms with Crippen molar-refractivity contribution < 1.29 is 18.7 Å². The molecule has 2 aliphatic rings. The third-order valence-corrected chi connectivity index (χ3v) is 5.63. The Morgan fingerprint density at radius 2 is 1.75 bits per heavy atom. The van der Waals surface area contributed by atoms with Crippen LogP contribution in [0.15, 0.2) is 24.3 Å². The lowest BCUT2D eigenvalue weighted by Gasteiger charge is -2.35. The van der Waals surface area contributed by atoms with E-state index in [2.05, 4.69) is 15.5 Å². The van der Waals surface area contributed by atoms with Gasteiger partial charge in [0.2, 0.25) is 11.8 Å². The fraction of sp³-hybridized carbons (Fsp3) is 0.619. The van der Waals surface area contributed by atoms with Gasteiger partial charge in [0.15, 0.2) is 0 Å². The van der Waals surface area contributed by atoms with E-state index in [0.29, 0.717) is 19.8 Å². The van der Waals surface area contributed by atoms with Crippen LogP contribution in [-0.2, 0) is 14.3 Å². The first-order valence-electron chi connectivity index (χ1n) is 10.2. The average molecular weight is 391 g/mol. The van der Waals surface area contributed by atoms with Crippen LogP contribution in [-0.4, -0.2) is 56.1 Å². The minimum atomic E-state index is -0.279. The van der Waals surface area contributed by atoms with Crippen LogP contribution in [0.1, 0.15) is 43.7 Å². The molecule has 1 heterocycles. The third-order valence-electron chi connectivity index (χ3n) is 5.63. The van der Waals surface area contributed by atoms with E-state index in [4.69, 9.17) is 4.74 Å². The zero-order valence-electron chi connectivity index (χ0n) is 16.3. The summed E-state index contributed by atoms with van der Waals surface area (Å²) < 4.78 is 18.7. The smallest absolute Gasteiger partial charge is 0.239 e. The Morgan fingerprint density at radius 1 is 1.07 bits per heavy atom. The van der Waals surface area contributed by atoms with E-state index in [-0.39, 0.29) is 36.1 Å². The first kappa shape index (κ1) is 20.7. The van der Waals surface area contributed by atoms with Crippen molar-refractivity contribution in [3.63, 3.8) is 0 Å². The highest BCUT2D eigenvalue weighted by molar-refractivity contribution is 5.85. The molecule has 2 N–H and O–H groups in total. The van der Waals surface area contributed by atoms with Crippen molar-refractivity contribution in [2.75, 3.05) is 39.4 Å². The summed E-state index contributed by atoms with van der Waals surface area (Å²) in [6, 6.07) is 6.34. The minimum Gasteiger partial charge on any atom is -0.379 e. The van der Waals surface area contributed by atoms with Gasteiger partial charge in [-0.15, -0.1) is 0 Å². The molecule has 0 aromatic heterocycles. The second-order valence-corrected chi connectivity index (χ2v) is 7.57. The Kier molecular flexibility index (Phi) is 7.80. The van der Waals surface area contributed by atoms with Gasteiger partial charge in [0.1, 0.15) is 5.82 Å². The largest absolute Gasteiger partial charge is 0.379 e. The molecule has 1 atom stereocenters. The average Bonchev–Trinajstić information content (AvgIpc) is 2.75. The highest BCUT2D eigenvalue weighted by Gasteiger charge is 2.24. The van der Waals surface area contributed by atoms with Crippen molar-refractivity contribution in [3.8, 4) is 0 Å². The summed E-state index contributed by atoms with van der Waals surface area (Å²) in [5.74, 6) is -0.455. The van der Waals surface area contributed by atoms with Crippen LogP contribution >= 0.6 is 0 Å². The predicted octanol–water partition coefficient (Wildman–Crippen LogP) is 2.01. The number of nitrogens with zero attached hydrogens (tertiary/aromatic N) is 1. The quantitative estimate of drug-likeness (QED) is 0.746. The van der Waals surface area contributed by atoms with Gasteiger partial charge in [-0.2, -0.15) is 0 Å². The van der Waals surface area contributed by atoms with Crippen LogP contribution in [0, 0.1) is 11.7 Å². The molecular weight excluding hydrogens is 361 g/mol. The first-order chi connectivity index (χ1) is 13.6. The number of nitrogens with one attached hydrogen (secondary N) is 2. The molecule has 1 saturated carbocycles. The van der Waals surface area contributed by atoms with Gasteiger partial charge in [-0.1, -0.05) is 31.4 Å². The van der Waals surface area contributed by atoms with E-state index in [1.165, 1.54) is 18.6 Å². The van der Waals surface area contributed by atoms with Crippen LogP contribution in [0.5, 0.6) is 0 Å². The monoisotopic (exact) mass is 391 g/mol. The van der Waals surface area contributed by atoms with Crippen molar-refractivity contribution >= 4 is 11.8 Å². The molecule has 3 rings (SSSR count). The molecule has 1 aromatic rings. The summed E-state index contributed by atoms with van der Waals surface area (Å²) >= 11 is 0. The van der Waals surface area contributed by atoms with E-state index >= 15 is 0 Å². The molecule has 1 aliphatic carbocycles. The molecule has 2 amide bonds. The number of ether oxygens (including phenoxy) is 1. The Bertz CT molecular complexity index is 641. The number of halogens is 1. The van der Waals surface area contributed by atoms with Crippen LogP contribution < -0.4 is 10.6 Å². The number of carbonyl (C=O) groups excluding carboxylic acids is 2. The van der Waals surface area contributed by atoms with Gasteiger partial charge in [0.05, 0.1) is 25.8 Å². The summed E-state index contributed by atoms with van der Waals surface area (Å²) in [7, 11) is 0. The lowest BCUT2D eigenvalue weighted by molar-refractivity contribution is -0.129. The van der Waals surface area contributed by atoms with E-state index in [1.807, 2.05) is 0 Å². The molecule has 0 bridgehead atoms. The number of morpholine rings is 1. The molecule has 1 unspecified atom stereocenters. The van der Waals surface area contributed by atoms with Crippen LogP contribution in [0.4, 0.5) is 4.39 Å². The van der Waals surface area contributed by atoms with E-state index in [9.17, 15) is 14.0 Å². The number of amides is 2. The Labute approximate surface area is 165 Å². The second-order valence-electron chi connectivity index (χ2n) is 7.57. The first-order valence-corrected chi connectivity index (χ1v) is 10.2. The number of carbonyl (C=O) groups is 2. The SMILES string of the molecule is O=C(CNC(=O)C1CCCCC1)NCC(c1ccc(F)cc1)N1CCOCC1. The van der Waals surface area contributed by atoms with Gasteiger partial charge in [-0.25, -0.2) is 4.39 Å². The van der Waals surface area contributed by atoms with Gasteiger partial charge in [-0.05, 0) is 30.5 Å². The molecule has 28 heavy (non-hydrogen) atoms. The van der Waals surface area contributed by atoms with Crippen molar-refractivity contribution in [2.24, 2.45) is 5.92 Å². The number of benzene rings is 1. The molecule has 0 spiro atoms. The molecular formula is C21H30FN3O3. The van der Waals surface area contributed by atoms with Crippen molar-refractivity contribution in [3.05, 3.63) is 35.6 Å². The number of hydrogen-bond acceptors (Lipinski definition) is 4. The zero-order valence-corrected chi connectivity index (χ0v) is 16.3. The molecule has 2 fully saturated rings. The standard InChI is InChI=1S/C21H30FN3O3/c22-18-8-6-16(7-9-18)19(25-10-12-28-13-11-25)14-23-20(26)15-24-21(27)17-4-2-1-3-5-17/h6-9,17,19H,1-5,10-15H2,(H,23,26)(H,24,27).